The van der Waals surface area contributed by atoms with Gasteiger partial charge in [0.2, 0.25) is 5.91 Å². The van der Waals surface area contributed by atoms with Crippen LogP contribution in [-0.4, -0.2) is 61.3 Å². The summed E-state index contributed by atoms with van der Waals surface area (Å²) in [6, 6.07) is 6.84. The molecule has 1 aromatic rings. The lowest BCUT2D eigenvalue weighted by atomic mass is 9.35. The first-order valence-electron chi connectivity index (χ1n) is 14.5. The predicted molar refractivity (Wildman–Crippen MR) is 139 cm³/mol. The van der Waals surface area contributed by atoms with Crippen LogP contribution in [0.3, 0.4) is 0 Å². The van der Waals surface area contributed by atoms with Crippen molar-refractivity contribution in [3.05, 3.63) is 29.3 Å². The monoisotopic (exact) mass is 493 g/mol. The molecular formula is C30H43N3O3. The molecule has 6 nitrogen and oxygen atoms in total. The lowest BCUT2D eigenvalue weighted by Gasteiger charge is -2.74. The Morgan fingerprint density at radius 1 is 1.31 bits per heavy atom. The lowest BCUT2D eigenvalue weighted by Crippen LogP contribution is -2.81. The number of benzene rings is 1. The fourth-order valence-corrected chi connectivity index (χ4v) is 9.61. The quantitative estimate of drug-likeness (QED) is 0.581. The molecule has 5 aliphatic carbocycles. The third-order valence-corrected chi connectivity index (χ3v) is 11.8. The summed E-state index contributed by atoms with van der Waals surface area (Å²) in [5.74, 6) is 2.36. The Labute approximate surface area is 215 Å². The zero-order valence-electron chi connectivity index (χ0n) is 22.2. The van der Waals surface area contributed by atoms with Crippen LogP contribution in [0.4, 0.5) is 0 Å². The maximum atomic E-state index is 13.0. The van der Waals surface area contributed by atoms with E-state index in [1.807, 2.05) is 7.11 Å². The van der Waals surface area contributed by atoms with Gasteiger partial charge in [-0.15, -0.1) is 0 Å². The molecule has 1 saturated heterocycles. The number of likely N-dealkylation sites (tertiary alicyclic amines) is 1. The van der Waals surface area contributed by atoms with Crippen LogP contribution >= 0.6 is 0 Å². The molecule has 4 bridgehead atoms. The van der Waals surface area contributed by atoms with Crippen molar-refractivity contribution < 1.29 is 14.3 Å². The fourth-order valence-electron chi connectivity index (χ4n) is 9.61. The molecule has 4 saturated carbocycles. The van der Waals surface area contributed by atoms with Crippen molar-refractivity contribution >= 4 is 5.91 Å². The van der Waals surface area contributed by atoms with E-state index in [-0.39, 0.29) is 40.3 Å². The van der Waals surface area contributed by atoms with Crippen molar-refractivity contribution in [2.75, 3.05) is 26.7 Å². The Morgan fingerprint density at radius 2 is 2.14 bits per heavy atom. The second-order valence-electron chi connectivity index (χ2n) is 13.0. The summed E-state index contributed by atoms with van der Waals surface area (Å²) in [6.07, 6.45) is 9.29. The van der Waals surface area contributed by atoms with Crippen LogP contribution in [-0.2, 0) is 21.4 Å². The van der Waals surface area contributed by atoms with E-state index < -0.39 is 6.04 Å². The van der Waals surface area contributed by atoms with E-state index in [1.54, 1.807) is 0 Å². The minimum atomic E-state index is -0.462. The summed E-state index contributed by atoms with van der Waals surface area (Å²) in [4.78, 5) is 15.9. The largest absolute Gasteiger partial charge is 0.486 e. The van der Waals surface area contributed by atoms with Crippen molar-refractivity contribution in [1.82, 2.24) is 10.2 Å². The van der Waals surface area contributed by atoms with Gasteiger partial charge < -0.3 is 20.5 Å². The predicted octanol–water partition coefficient (Wildman–Crippen LogP) is 3.40. The lowest BCUT2D eigenvalue weighted by molar-refractivity contribution is -0.276. The molecule has 1 amide bonds. The summed E-state index contributed by atoms with van der Waals surface area (Å²) in [5, 5.41) is 3.27. The highest BCUT2D eigenvalue weighted by Gasteiger charge is 2.80. The van der Waals surface area contributed by atoms with Crippen LogP contribution in [0, 0.1) is 23.2 Å². The Balaban J connectivity index is 1.28. The zero-order valence-corrected chi connectivity index (χ0v) is 22.2. The third-order valence-electron chi connectivity index (χ3n) is 11.8. The molecule has 3 unspecified atom stereocenters. The van der Waals surface area contributed by atoms with Crippen LogP contribution in [0.1, 0.15) is 69.9 Å². The first-order valence-corrected chi connectivity index (χ1v) is 14.5. The van der Waals surface area contributed by atoms with Gasteiger partial charge in [0.05, 0.1) is 6.04 Å². The highest BCUT2D eigenvalue weighted by Crippen LogP contribution is 2.75. The van der Waals surface area contributed by atoms with E-state index in [0.29, 0.717) is 12.6 Å². The van der Waals surface area contributed by atoms with Gasteiger partial charge in [0.1, 0.15) is 17.5 Å². The first-order chi connectivity index (χ1) is 17.4. The van der Waals surface area contributed by atoms with Crippen molar-refractivity contribution in [2.24, 2.45) is 28.9 Å². The molecule has 6 heteroatoms. The Kier molecular flexibility index (Phi) is 5.18. The highest BCUT2D eigenvalue weighted by atomic mass is 16.6. The van der Waals surface area contributed by atoms with Gasteiger partial charge >= 0.3 is 0 Å². The Morgan fingerprint density at radius 3 is 2.89 bits per heavy atom. The maximum absolute atomic E-state index is 13.0. The summed E-state index contributed by atoms with van der Waals surface area (Å²) in [6.45, 7) is 7.19. The van der Waals surface area contributed by atoms with Crippen molar-refractivity contribution in [3.63, 3.8) is 0 Å². The second kappa shape index (κ2) is 7.94. The molecule has 8 rings (SSSR count). The number of rotatable bonds is 8. The highest BCUT2D eigenvalue weighted by molar-refractivity contribution is 5.81. The smallest absolute Gasteiger partial charge is 0.237 e. The molecule has 2 spiro atoms. The van der Waals surface area contributed by atoms with Crippen LogP contribution in [0.2, 0.25) is 0 Å². The molecule has 5 fully saturated rings. The first kappa shape index (κ1) is 23.5. The van der Waals surface area contributed by atoms with Crippen LogP contribution < -0.4 is 15.8 Å². The second-order valence-corrected chi connectivity index (χ2v) is 13.0. The number of nitrogens with two attached hydrogens (primary N) is 1. The minimum Gasteiger partial charge on any atom is -0.486 e. The Bertz CT molecular complexity index is 1070. The summed E-state index contributed by atoms with van der Waals surface area (Å²) in [7, 11) is 1.88. The molecule has 0 radical (unpaired) electrons. The topological polar surface area (TPSA) is 76.8 Å². The van der Waals surface area contributed by atoms with E-state index in [4.69, 9.17) is 15.2 Å². The van der Waals surface area contributed by atoms with Crippen LogP contribution in [0.5, 0.6) is 5.75 Å². The average Bonchev–Trinajstić information content (AvgIpc) is 3.65. The van der Waals surface area contributed by atoms with Crippen LogP contribution in [0.15, 0.2) is 18.2 Å². The molecule has 2 aliphatic heterocycles. The summed E-state index contributed by atoms with van der Waals surface area (Å²) in [5.41, 5.74) is 9.15. The zero-order chi connectivity index (χ0) is 24.9. The number of nitrogens with zero attached hydrogens (tertiary/aromatic N) is 1. The van der Waals surface area contributed by atoms with Gasteiger partial charge in [-0.25, -0.2) is 0 Å². The van der Waals surface area contributed by atoms with E-state index in [2.05, 4.69) is 42.3 Å². The standard InChI is InChI=1S/C30H43N3O3/c1-4-18(2)25(31)26(34)32-16-21-15-28-10-11-30(21,35-3)27-29(28)12-13-33(17-19-8-9-19)23(28)14-20-6-5-7-22(36-27)24(20)29/h5-7,18-19,21,23,25,27H,4,8-17,31H2,1-3H3,(H,32,34)/t18-,21+,23?,25?,27+,28+,29?,30+/m0/s1. The summed E-state index contributed by atoms with van der Waals surface area (Å²) < 4.78 is 13.5. The average molecular weight is 494 g/mol. The number of amides is 1. The molecule has 196 valence electrons. The number of piperidine rings is 1. The van der Waals surface area contributed by atoms with E-state index in [1.165, 1.54) is 43.5 Å². The van der Waals surface area contributed by atoms with Gasteiger partial charge in [-0.1, -0.05) is 32.4 Å². The van der Waals surface area contributed by atoms with Crippen molar-refractivity contribution in [2.45, 2.75) is 94.4 Å². The van der Waals surface area contributed by atoms with Crippen molar-refractivity contribution in [1.29, 1.82) is 0 Å². The number of nitrogens with one attached hydrogen (secondary N) is 1. The van der Waals surface area contributed by atoms with Gasteiger partial charge in [-0.3, -0.25) is 9.69 Å². The van der Waals surface area contributed by atoms with Gasteiger partial charge in [-0.05, 0) is 75.0 Å². The normalized spacial score (nSPS) is 41.4. The molecule has 7 aliphatic rings. The van der Waals surface area contributed by atoms with E-state index in [0.717, 1.165) is 43.8 Å². The van der Waals surface area contributed by atoms with Gasteiger partial charge in [0, 0.05) is 48.6 Å². The number of carbonyl (C=O) groups is 1. The number of hydrogen-bond acceptors (Lipinski definition) is 5. The van der Waals surface area contributed by atoms with E-state index >= 15 is 0 Å². The fraction of sp³-hybridized carbons (Fsp3) is 0.767. The van der Waals surface area contributed by atoms with Gasteiger partial charge in [0.15, 0.2) is 0 Å². The number of ether oxygens (including phenoxy) is 2. The maximum Gasteiger partial charge on any atom is 0.237 e. The molecule has 8 atom stereocenters. The molecule has 36 heavy (non-hydrogen) atoms. The Hall–Kier alpha value is -1.63. The van der Waals surface area contributed by atoms with Crippen LogP contribution in [0.25, 0.3) is 0 Å². The number of hydrogen-bond donors (Lipinski definition) is 2. The van der Waals surface area contributed by atoms with Gasteiger partial charge in [-0.2, -0.15) is 0 Å². The molecule has 0 aromatic heterocycles. The third kappa shape index (κ3) is 2.82. The SMILES string of the molecule is CC[C@H](C)C(N)C(=O)NC[C@H]1C[C@@]23CC[C@]1(OC)[C@@H]1Oc4cccc5c4C12CCN(CC1CC1)C3C5. The molecular weight excluding hydrogens is 450 g/mol. The molecule has 2 heterocycles. The number of fused-ring (bicyclic) bond motifs is 2. The van der Waals surface area contributed by atoms with Gasteiger partial charge in [0.25, 0.3) is 0 Å². The number of methoxy groups -OCH3 is 1. The van der Waals surface area contributed by atoms with E-state index in [9.17, 15) is 4.79 Å². The number of carbonyl (C=O) groups excluding carboxylic acids is 1. The summed E-state index contributed by atoms with van der Waals surface area (Å²) >= 11 is 0. The molecule has 1 aromatic carbocycles. The minimum absolute atomic E-state index is 0.0182. The molecule has 3 N–H and O–H groups in total. The van der Waals surface area contributed by atoms with Crippen molar-refractivity contribution in [3.8, 4) is 5.75 Å².